The third kappa shape index (κ3) is 16.2. The monoisotopic (exact) mass is 583 g/mol. The number of anilines is 1. The van der Waals surface area contributed by atoms with E-state index in [0.29, 0.717) is 26.4 Å². The average molecular weight is 584 g/mol. The number of nitrogens with two attached hydrogens (primary N) is 1. The summed E-state index contributed by atoms with van der Waals surface area (Å²) >= 11 is 0. The summed E-state index contributed by atoms with van der Waals surface area (Å²) < 4.78 is 25.3. The Morgan fingerprint density at radius 1 is 0.476 bits per heavy atom. The van der Waals surface area contributed by atoms with E-state index in [1.165, 1.54) is 96.3 Å². The molecule has 0 atom stereocenters. The van der Waals surface area contributed by atoms with E-state index in [-0.39, 0.29) is 0 Å². The topological polar surface area (TPSA) is 62.9 Å². The van der Waals surface area contributed by atoms with Gasteiger partial charge in [0.2, 0.25) is 5.75 Å². The van der Waals surface area contributed by atoms with Gasteiger partial charge in [0, 0.05) is 5.69 Å². The Morgan fingerprint density at radius 2 is 0.881 bits per heavy atom. The molecule has 0 aliphatic heterocycles. The van der Waals surface area contributed by atoms with Crippen molar-refractivity contribution in [3.05, 3.63) is 42.0 Å². The van der Waals surface area contributed by atoms with E-state index in [1.54, 1.807) is 0 Å². The molecule has 0 aliphatic carbocycles. The summed E-state index contributed by atoms with van der Waals surface area (Å²) in [7, 11) is 0. The van der Waals surface area contributed by atoms with Crippen molar-refractivity contribution >= 4 is 5.69 Å². The van der Waals surface area contributed by atoms with Gasteiger partial charge in [-0.1, -0.05) is 117 Å². The van der Waals surface area contributed by atoms with Crippen LogP contribution in [0.15, 0.2) is 36.4 Å². The van der Waals surface area contributed by atoms with E-state index in [4.69, 9.17) is 24.7 Å². The van der Waals surface area contributed by atoms with Crippen LogP contribution in [0.5, 0.6) is 23.0 Å². The predicted octanol–water partition coefficient (Wildman–Crippen LogP) is 11.1. The minimum Gasteiger partial charge on any atom is -0.490 e. The Balaban J connectivity index is 2.11. The first-order valence-corrected chi connectivity index (χ1v) is 17.2. The van der Waals surface area contributed by atoms with Crippen molar-refractivity contribution in [1.29, 1.82) is 0 Å². The van der Waals surface area contributed by atoms with Crippen LogP contribution in [0.4, 0.5) is 5.69 Å². The van der Waals surface area contributed by atoms with Crippen LogP contribution in [0.2, 0.25) is 0 Å². The first-order valence-electron chi connectivity index (χ1n) is 17.2. The molecule has 0 unspecified atom stereocenters. The normalized spacial score (nSPS) is 11.0. The molecule has 42 heavy (non-hydrogen) atoms. The van der Waals surface area contributed by atoms with E-state index in [2.05, 4.69) is 32.9 Å². The molecular formula is C37H61NO4. The van der Waals surface area contributed by atoms with Crippen LogP contribution < -0.4 is 24.7 Å². The van der Waals surface area contributed by atoms with Crippen LogP contribution >= 0.6 is 0 Å². The highest BCUT2D eigenvalue weighted by Gasteiger charge is 2.17. The molecule has 0 saturated carbocycles. The molecule has 5 nitrogen and oxygen atoms in total. The number of ether oxygens (including phenoxy) is 4. The lowest BCUT2D eigenvalue weighted by Crippen LogP contribution is -2.08. The molecule has 0 heterocycles. The Kier molecular flexibility index (Phi) is 20.3. The van der Waals surface area contributed by atoms with Gasteiger partial charge >= 0.3 is 0 Å². The SMILES string of the molecule is CCCCCCCCOc1cc(COc2ccc(N)cc2)cc(OCCCCCCCC)c1OCCCCCCCC. The second-order valence-corrected chi connectivity index (χ2v) is 11.6. The molecule has 2 N–H and O–H groups in total. The van der Waals surface area contributed by atoms with Crippen molar-refractivity contribution < 1.29 is 18.9 Å². The molecule has 0 saturated heterocycles. The van der Waals surface area contributed by atoms with Crippen LogP contribution in [0, 0.1) is 0 Å². The standard InChI is InChI=1S/C37H61NO4/c1-4-7-10-13-16-19-26-39-35-29-32(31-42-34-24-22-33(38)23-25-34)30-36(40-27-20-17-14-11-8-5-2)37(35)41-28-21-18-15-12-9-6-3/h22-25,29-30H,4-21,26-28,31,38H2,1-3H3. The number of hydrogen-bond acceptors (Lipinski definition) is 5. The quantitative estimate of drug-likeness (QED) is 0.0837. The highest BCUT2D eigenvalue weighted by Crippen LogP contribution is 2.40. The first kappa shape index (κ1) is 35.6. The largest absolute Gasteiger partial charge is 0.490 e. The summed E-state index contributed by atoms with van der Waals surface area (Å²) in [6.07, 6.45) is 22.1. The Bertz CT molecular complexity index is 875. The molecule has 2 rings (SSSR count). The van der Waals surface area contributed by atoms with Crippen molar-refractivity contribution in [2.75, 3.05) is 25.6 Å². The fourth-order valence-electron chi connectivity index (χ4n) is 4.99. The number of unbranched alkanes of at least 4 members (excludes halogenated alkanes) is 15. The fraction of sp³-hybridized carbons (Fsp3) is 0.676. The third-order valence-electron chi connectivity index (χ3n) is 7.62. The Hall–Kier alpha value is -2.56. The van der Waals surface area contributed by atoms with E-state index in [9.17, 15) is 0 Å². The van der Waals surface area contributed by atoms with Crippen LogP contribution in [0.25, 0.3) is 0 Å². The van der Waals surface area contributed by atoms with E-state index >= 15 is 0 Å². The van der Waals surface area contributed by atoms with Gasteiger partial charge in [-0.05, 0) is 61.2 Å². The van der Waals surface area contributed by atoms with Gasteiger partial charge in [-0.2, -0.15) is 0 Å². The van der Waals surface area contributed by atoms with Crippen LogP contribution in [0.3, 0.4) is 0 Å². The molecule has 238 valence electrons. The minimum absolute atomic E-state index is 0.419. The van der Waals surface area contributed by atoms with Gasteiger partial charge in [-0.15, -0.1) is 0 Å². The summed E-state index contributed by atoms with van der Waals surface area (Å²) in [5, 5.41) is 0. The molecule has 2 aromatic rings. The lowest BCUT2D eigenvalue weighted by atomic mass is 10.1. The lowest BCUT2D eigenvalue weighted by Gasteiger charge is -2.19. The van der Waals surface area contributed by atoms with E-state index in [0.717, 1.165) is 53.5 Å². The smallest absolute Gasteiger partial charge is 0.203 e. The second kappa shape index (κ2) is 23.9. The molecule has 0 aromatic heterocycles. The Labute approximate surface area is 257 Å². The number of rotatable bonds is 27. The van der Waals surface area contributed by atoms with Gasteiger partial charge in [-0.25, -0.2) is 0 Å². The predicted molar refractivity (Wildman–Crippen MR) is 178 cm³/mol. The average Bonchev–Trinajstić information content (AvgIpc) is 3.00. The minimum atomic E-state index is 0.419. The summed E-state index contributed by atoms with van der Waals surface area (Å²) in [5.41, 5.74) is 7.59. The summed E-state index contributed by atoms with van der Waals surface area (Å²) in [6.45, 7) is 9.22. The van der Waals surface area contributed by atoms with Gasteiger partial charge in [0.1, 0.15) is 12.4 Å². The molecule has 5 heteroatoms. The number of benzene rings is 2. The molecule has 0 spiro atoms. The van der Waals surface area contributed by atoms with Gasteiger partial charge in [0.25, 0.3) is 0 Å². The maximum absolute atomic E-state index is 6.42. The van der Waals surface area contributed by atoms with Crippen molar-refractivity contribution in [3.63, 3.8) is 0 Å². The zero-order valence-electron chi connectivity index (χ0n) is 27.2. The van der Waals surface area contributed by atoms with Gasteiger partial charge in [0.15, 0.2) is 11.5 Å². The molecular weight excluding hydrogens is 522 g/mol. The van der Waals surface area contributed by atoms with Crippen LogP contribution in [-0.4, -0.2) is 19.8 Å². The van der Waals surface area contributed by atoms with Gasteiger partial charge in [0.05, 0.1) is 19.8 Å². The zero-order chi connectivity index (χ0) is 30.1. The first-order chi connectivity index (χ1) is 20.7. The maximum Gasteiger partial charge on any atom is 0.203 e. The molecule has 0 fully saturated rings. The highest BCUT2D eigenvalue weighted by atomic mass is 16.5. The van der Waals surface area contributed by atoms with Crippen molar-refractivity contribution in [1.82, 2.24) is 0 Å². The molecule has 0 bridgehead atoms. The molecule has 0 amide bonds. The molecule has 2 aromatic carbocycles. The second-order valence-electron chi connectivity index (χ2n) is 11.6. The van der Waals surface area contributed by atoms with E-state index in [1.807, 2.05) is 24.3 Å². The summed E-state index contributed by atoms with van der Waals surface area (Å²) in [5.74, 6) is 3.07. The summed E-state index contributed by atoms with van der Waals surface area (Å²) in [4.78, 5) is 0. The lowest BCUT2D eigenvalue weighted by molar-refractivity contribution is 0.232. The number of hydrogen-bond donors (Lipinski definition) is 1. The third-order valence-corrected chi connectivity index (χ3v) is 7.62. The summed E-state index contributed by atoms with van der Waals surface area (Å²) in [6, 6.07) is 11.7. The molecule has 0 radical (unpaired) electrons. The van der Waals surface area contributed by atoms with Crippen LogP contribution in [0.1, 0.15) is 142 Å². The maximum atomic E-state index is 6.42. The van der Waals surface area contributed by atoms with Gasteiger partial charge < -0.3 is 24.7 Å². The fourth-order valence-corrected chi connectivity index (χ4v) is 4.99. The zero-order valence-corrected chi connectivity index (χ0v) is 27.2. The van der Waals surface area contributed by atoms with Crippen molar-refractivity contribution in [3.8, 4) is 23.0 Å². The Morgan fingerprint density at radius 3 is 1.33 bits per heavy atom. The van der Waals surface area contributed by atoms with E-state index < -0.39 is 0 Å². The van der Waals surface area contributed by atoms with Crippen molar-refractivity contribution in [2.24, 2.45) is 0 Å². The van der Waals surface area contributed by atoms with Gasteiger partial charge in [-0.3, -0.25) is 0 Å². The number of nitrogen functional groups attached to an aromatic ring is 1. The van der Waals surface area contributed by atoms with Crippen LogP contribution in [-0.2, 0) is 6.61 Å². The van der Waals surface area contributed by atoms with Crippen molar-refractivity contribution in [2.45, 2.75) is 143 Å². The molecule has 0 aliphatic rings. The highest BCUT2D eigenvalue weighted by molar-refractivity contribution is 5.54.